The van der Waals surface area contributed by atoms with E-state index in [1.54, 1.807) is 20.8 Å². The molecule has 41 heavy (non-hydrogen) atoms. The minimum Gasteiger partial charge on any atom is -0.444 e. The number of aliphatic hydroxyl groups is 1. The molecule has 1 unspecified atom stereocenters. The van der Waals surface area contributed by atoms with Crippen LogP contribution in [0.4, 0.5) is 13.6 Å². The highest BCUT2D eigenvalue weighted by atomic mass is 79.9. The van der Waals surface area contributed by atoms with Gasteiger partial charge in [0.25, 0.3) is 5.91 Å². The van der Waals surface area contributed by atoms with Crippen molar-refractivity contribution in [2.75, 3.05) is 6.54 Å². The quantitative estimate of drug-likeness (QED) is 0.206. The molecular formula is C31H41BrF2N2O5. The number of ether oxygens (including phenoxy) is 1. The average Bonchev–Trinajstić information content (AvgIpc) is 2.87. The van der Waals surface area contributed by atoms with Gasteiger partial charge in [-0.15, -0.1) is 0 Å². The Morgan fingerprint density at radius 3 is 2.34 bits per heavy atom. The average molecular weight is 640 g/mol. The molecule has 7 nitrogen and oxygen atoms in total. The van der Waals surface area contributed by atoms with Crippen molar-refractivity contribution in [2.24, 2.45) is 5.92 Å². The van der Waals surface area contributed by atoms with E-state index in [0.29, 0.717) is 32.2 Å². The summed E-state index contributed by atoms with van der Waals surface area (Å²) in [7, 11) is 0. The summed E-state index contributed by atoms with van der Waals surface area (Å²) in [5, 5.41) is 16.1. The smallest absolute Gasteiger partial charge is 0.407 e. The Hall–Kier alpha value is -2.85. The second-order valence-electron chi connectivity index (χ2n) is 11.4. The number of Topliss-reactive ketones (excluding diaryl/α,β-unsaturated/α-hetero) is 1. The number of rotatable bonds is 15. The van der Waals surface area contributed by atoms with Crippen LogP contribution in [0, 0.1) is 17.6 Å². The summed E-state index contributed by atoms with van der Waals surface area (Å²) in [6.45, 7) is 7.31. The minimum atomic E-state index is -1.50. The normalized spacial score (nSPS) is 13.7. The van der Waals surface area contributed by atoms with Gasteiger partial charge in [-0.25, -0.2) is 13.6 Å². The molecule has 3 N–H and O–H groups in total. The van der Waals surface area contributed by atoms with Crippen molar-refractivity contribution >= 4 is 33.7 Å². The van der Waals surface area contributed by atoms with Crippen molar-refractivity contribution in [2.45, 2.75) is 90.4 Å². The zero-order valence-electron chi connectivity index (χ0n) is 24.1. The van der Waals surface area contributed by atoms with Gasteiger partial charge < -0.3 is 20.5 Å². The number of nitrogens with one attached hydrogen (secondary N) is 2. The molecule has 0 aliphatic carbocycles. The second-order valence-corrected chi connectivity index (χ2v) is 12.3. The number of benzene rings is 2. The lowest BCUT2D eigenvalue weighted by atomic mass is 9.94. The lowest BCUT2D eigenvalue weighted by molar-refractivity contribution is -0.130. The Morgan fingerprint density at radius 1 is 1.00 bits per heavy atom. The van der Waals surface area contributed by atoms with Crippen molar-refractivity contribution in [3.63, 3.8) is 0 Å². The van der Waals surface area contributed by atoms with Gasteiger partial charge in [-0.1, -0.05) is 41.4 Å². The van der Waals surface area contributed by atoms with E-state index in [9.17, 15) is 28.3 Å². The molecule has 0 aromatic heterocycles. The van der Waals surface area contributed by atoms with Crippen molar-refractivity contribution in [3.8, 4) is 0 Å². The molecule has 226 valence electrons. The zero-order valence-corrected chi connectivity index (χ0v) is 25.7. The lowest BCUT2D eigenvalue weighted by Crippen LogP contribution is -2.52. The second kappa shape index (κ2) is 16.6. The summed E-state index contributed by atoms with van der Waals surface area (Å²) in [5.74, 6) is -1.65. The summed E-state index contributed by atoms with van der Waals surface area (Å²) >= 11 is 3.37. The number of unbranched alkanes of at least 4 members (excludes halogenated alkanes) is 2. The van der Waals surface area contributed by atoms with Crippen LogP contribution >= 0.6 is 15.9 Å². The van der Waals surface area contributed by atoms with Crippen LogP contribution in [0.25, 0.3) is 0 Å². The molecular weight excluding hydrogens is 598 g/mol. The lowest BCUT2D eigenvalue weighted by Gasteiger charge is -2.26. The first-order valence-corrected chi connectivity index (χ1v) is 14.7. The number of hydrogen-bond acceptors (Lipinski definition) is 5. The molecule has 10 heteroatoms. The summed E-state index contributed by atoms with van der Waals surface area (Å²) < 4.78 is 33.4. The highest BCUT2D eigenvalue weighted by Crippen LogP contribution is 2.18. The molecule has 0 heterocycles. The van der Waals surface area contributed by atoms with E-state index in [4.69, 9.17) is 4.74 Å². The van der Waals surface area contributed by atoms with E-state index in [2.05, 4.69) is 26.6 Å². The van der Waals surface area contributed by atoms with Gasteiger partial charge in [-0.3, -0.25) is 9.59 Å². The number of halogens is 3. The summed E-state index contributed by atoms with van der Waals surface area (Å²) in [4.78, 5) is 37.4. The van der Waals surface area contributed by atoms with E-state index in [-0.39, 0.29) is 36.5 Å². The molecule has 0 radical (unpaired) electrons. The van der Waals surface area contributed by atoms with E-state index < -0.39 is 41.4 Å². The molecule has 0 saturated carbocycles. The molecule has 0 spiro atoms. The highest BCUT2D eigenvalue weighted by molar-refractivity contribution is 9.10. The standard InChI is InChI=1S/C31H41BrF2N2O5/c1-20(16-22-19-24(33)13-14-26(22)34)17-25(37)8-6-5-7-15-35-29(39)28(38)27(36-30(40)41-31(2,3)4)18-21-9-11-23(32)12-10-21/h9-14,19-20,27-28,38H,5-8,15-18H2,1-4H3,(H,35,39)(H,36,40)/t20?,27-,28+/m1/s1. The predicted octanol–water partition coefficient (Wildman–Crippen LogP) is 6.04. The van der Waals surface area contributed by atoms with Crippen LogP contribution < -0.4 is 10.6 Å². The van der Waals surface area contributed by atoms with E-state index >= 15 is 0 Å². The molecule has 2 aromatic rings. The summed E-state index contributed by atoms with van der Waals surface area (Å²) in [6.07, 6.45) is 0.835. The van der Waals surface area contributed by atoms with E-state index in [1.807, 2.05) is 31.2 Å². The molecule has 2 aromatic carbocycles. The molecule has 0 aliphatic rings. The number of alkyl carbamates (subject to hydrolysis) is 1. The first-order chi connectivity index (χ1) is 19.2. The maximum Gasteiger partial charge on any atom is 0.407 e. The number of carbonyl (C=O) groups is 3. The fourth-order valence-electron chi connectivity index (χ4n) is 4.34. The van der Waals surface area contributed by atoms with Gasteiger partial charge in [0.2, 0.25) is 0 Å². The maximum atomic E-state index is 13.8. The maximum absolute atomic E-state index is 13.8. The van der Waals surface area contributed by atoms with Gasteiger partial charge in [0.15, 0.2) is 6.10 Å². The Labute approximate surface area is 249 Å². The predicted molar refractivity (Wildman–Crippen MR) is 157 cm³/mol. The Morgan fingerprint density at radius 2 is 1.68 bits per heavy atom. The van der Waals surface area contributed by atoms with Crippen LogP contribution in [0.5, 0.6) is 0 Å². The van der Waals surface area contributed by atoms with Crippen molar-refractivity contribution < 1.29 is 33.0 Å². The van der Waals surface area contributed by atoms with Crippen LogP contribution in [0.1, 0.15) is 70.9 Å². The third kappa shape index (κ3) is 13.6. The molecule has 0 aliphatic heterocycles. The fraction of sp³-hybridized carbons (Fsp3) is 0.516. The van der Waals surface area contributed by atoms with Crippen LogP contribution in [0.3, 0.4) is 0 Å². The van der Waals surface area contributed by atoms with Gasteiger partial charge in [0, 0.05) is 23.9 Å². The number of hydrogen-bond donors (Lipinski definition) is 3. The fourth-order valence-corrected chi connectivity index (χ4v) is 4.60. The third-order valence-corrected chi connectivity index (χ3v) is 6.83. The minimum absolute atomic E-state index is 0.0535. The van der Waals surface area contributed by atoms with Gasteiger partial charge in [-0.2, -0.15) is 0 Å². The zero-order chi connectivity index (χ0) is 30.6. The number of ketones is 1. The SMILES string of the molecule is CC(CC(=O)CCCCCNC(=O)[C@@H](O)[C@@H](Cc1ccc(Br)cc1)NC(=O)OC(C)(C)C)Cc1cc(F)ccc1F. The van der Waals surface area contributed by atoms with Crippen LogP contribution in [-0.4, -0.2) is 47.2 Å². The summed E-state index contributed by atoms with van der Waals surface area (Å²) in [5.41, 5.74) is 0.350. The largest absolute Gasteiger partial charge is 0.444 e. The van der Waals surface area contributed by atoms with E-state index in [1.165, 1.54) is 0 Å². The topological polar surface area (TPSA) is 105 Å². The number of carbonyl (C=O) groups excluding carboxylic acids is 3. The first-order valence-electron chi connectivity index (χ1n) is 13.9. The van der Waals surface area contributed by atoms with Crippen molar-refractivity contribution in [1.82, 2.24) is 10.6 Å². The molecule has 0 saturated heterocycles. The van der Waals surface area contributed by atoms with Gasteiger partial charge in [0.1, 0.15) is 23.0 Å². The molecule has 2 rings (SSSR count). The van der Waals surface area contributed by atoms with Crippen molar-refractivity contribution in [3.05, 3.63) is 69.7 Å². The monoisotopic (exact) mass is 638 g/mol. The van der Waals surface area contributed by atoms with Crippen LogP contribution in [0.15, 0.2) is 46.9 Å². The number of aliphatic hydroxyl groups excluding tert-OH is 1. The van der Waals surface area contributed by atoms with Crippen LogP contribution in [0.2, 0.25) is 0 Å². The molecule has 0 fully saturated rings. The van der Waals surface area contributed by atoms with Gasteiger partial charge in [-0.05, 0) is 93.8 Å². The summed E-state index contributed by atoms with van der Waals surface area (Å²) in [6, 6.07) is 9.76. The number of amides is 2. The van der Waals surface area contributed by atoms with Crippen molar-refractivity contribution in [1.29, 1.82) is 0 Å². The Balaban J connectivity index is 1.76. The molecule has 3 atom stereocenters. The third-order valence-electron chi connectivity index (χ3n) is 6.30. The Kier molecular flexibility index (Phi) is 13.9. The Bertz CT molecular complexity index is 1150. The van der Waals surface area contributed by atoms with Crippen LogP contribution in [-0.2, 0) is 27.2 Å². The van der Waals surface area contributed by atoms with E-state index in [0.717, 1.165) is 28.2 Å². The van der Waals surface area contributed by atoms with Gasteiger partial charge >= 0.3 is 6.09 Å². The highest BCUT2D eigenvalue weighted by Gasteiger charge is 2.29. The molecule has 2 amide bonds. The first kappa shape index (κ1) is 34.4. The molecule has 0 bridgehead atoms. The van der Waals surface area contributed by atoms with Gasteiger partial charge in [0.05, 0.1) is 6.04 Å².